The second kappa shape index (κ2) is 2.94. The SMILES string of the molecule is C=COc1ccc2ncn(C)c2c1. The lowest BCUT2D eigenvalue weighted by Gasteiger charge is -1.99. The average molecular weight is 174 g/mol. The molecule has 0 N–H and O–H groups in total. The first-order valence-corrected chi connectivity index (χ1v) is 4.00. The first kappa shape index (κ1) is 7.86. The molecule has 66 valence electrons. The van der Waals surface area contributed by atoms with Crippen LogP contribution in [0, 0.1) is 0 Å². The van der Waals surface area contributed by atoms with Crippen LogP contribution in [0.25, 0.3) is 11.0 Å². The van der Waals surface area contributed by atoms with Gasteiger partial charge in [0, 0.05) is 13.1 Å². The van der Waals surface area contributed by atoms with Gasteiger partial charge in [-0.1, -0.05) is 6.58 Å². The average Bonchev–Trinajstić information content (AvgIpc) is 2.49. The molecule has 0 saturated carbocycles. The van der Waals surface area contributed by atoms with Gasteiger partial charge >= 0.3 is 0 Å². The number of benzene rings is 1. The number of nitrogens with zero attached hydrogens (tertiary/aromatic N) is 2. The van der Waals surface area contributed by atoms with Crippen molar-refractivity contribution in [3.8, 4) is 5.75 Å². The minimum Gasteiger partial charge on any atom is -0.466 e. The molecule has 1 aromatic heterocycles. The highest BCUT2D eigenvalue weighted by molar-refractivity contribution is 5.76. The smallest absolute Gasteiger partial charge is 0.128 e. The predicted octanol–water partition coefficient (Wildman–Crippen LogP) is 2.10. The minimum absolute atomic E-state index is 0.783. The Kier molecular flexibility index (Phi) is 1.77. The van der Waals surface area contributed by atoms with Crippen LogP contribution in [0.1, 0.15) is 0 Å². The van der Waals surface area contributed by atoms with Crippen LogP contribution in [-0.2, 0) is 7.05 Å². The van der Waals surface area contributed by atoms with Crippen molar-refractivity contribution in [2.45, 2.75) is 0 Å². The lowest BCUT2D eigenvalue weighted by Crippen LogP contribution is -1.85. The number of hydrogen-bond donors (Lipinski definition) is 0. The van der Waals surface area contributed by atoms with Crippen molar-refractivity contribution in [2.24, 2.45) is 7.05 Å². The van der Waals surface area contributed by atoms with E-state index in [4.69, 9.17) is 4.74 Å². The Morgan fingerprint density at radius 1 is 1.54 bits per heavy atom. The van der Waals surface area contributed by atoms with Gasteiger partial charge in [-0.3, -0.25) is 0 Å². The maximum Gasteiger partial charge on any atom is 0.128 e. The maximum atomic E-state index is 5.16. The van der Waals surface area contributed by atoms with Crippen LogP contribution < -0.4 is 4.74 Å². The molecule has 1 heterocycles. The largest absolute Gasteiger partial charge is 0.466 e. The third kappa shape index (κ3) is 1.28. The Labute approximate surface area is 76.3 Å². The van der Waals surface area contributed by atoms with E-state index in [9.17, 15) is 0 Å². The molecule has 0 amide bonds. The maximum absolute atomic E-state index is 5.16. The monoisotopic (exact) mass is 174 g/mol. The molecule has 0 fully saturated rings. The number of aryl methyl sites for hydroxylation is 1. The summed E-state index contributed by atoms with van der Waals surface area (Å²) in [5.74, 6) is 0.783. The van der Waals surface area contributed by atoms with Crippen molar-refractivity contribution < 1.29 is 4.74 Å². The van der Waals surface area contributed by atoms with E-state index in [0.29, 0.717) is 0 Å². The molecule has 0 aliphatic rings. The van der Waals surface area contributed by atoms with Crippen LogP contribution in [-0.4, -0.2) is 9.55 Å². The summed E-state index contributed by atoms with van der Waals surface area (Å²) in [6.07, 6.45) is 3.19. The Balaban J connectivity index is 2.58. The number of aromatic nitrogens is 2. The molecule has 3 nitrogen and oxygen atoms in total. The quantitative estimate of drug-likeness (QED) is 0.652. The standard InChI is InChI=1S/C10H10N2O/c1-3-13-8-4-5-9-10(6-8)12(2)7-11-9/h3-7H,1H2,2H3. The summed E-state index contributed by atoms with van der Waals surface area (Å²) in [4.78, 5) is 4.20. The number of rotatable bonds is 2. The van der Waals surface area contributed by atoms with Crippen molar-refractivity contribution in [1.29, 1.82) is 0 Å². The number of imidazole rings is 1. The fourth-order valence-electron chi connectivity index (χ4n) is 1.28. The van der Waals surface area contributed by atoms with E-state index in [1.807, 2.05) is 29.8 Å². The van der Waals surface area contributed by atoms with Gasteiger partial charge in [0.2, 0.25) is 0 Å². The molecule has 13 heavy (non-hydrogen) atoms. The molecule has 1 aromatic carbocycles. The van der Waals surface area contributed by atoms with Gasteiger partial charge in [-0.2, -0.15) is 0 Å². The Bertz CT molecular complexity index is 445. The first-order chi connectivity index (χ1) is 6.31. The van der Waals surface area contributed by atoms with Gasteiger partial charge in [0.15, 0.2) is 0 Å². The van der Waals surface area contributed by atoms with Crippen molar-refractivity contribution in [3.63, 3.8) is 0 Å². The molecule has 0 spiro atoms. The summed E-state index contributed by atoms with van der Waals surface area (Å²) in [6, 6.07) is 5.73. The summed E-state index contributed by atoms with van der Waals surface area (Å²) in [5, 5.41) is 0. The zero-order valence-corrected chi connectivity index (χ0v) is 7.40. The second-order valence-electron chi connectivity index (χ2n) is 2.79. The van der Waals surface area contributed by atoms with Crippen molar-refractivity contribution in [2.75, 3.05) is 0 Å². The van der Waals surface area contributed by atoms with Gasteiger partial charge < -0.3 is 9.30 Å². The molecule has 0 atom stereocenters. The zero-order valence-electron chi connectivity index (χ0n) is 7.40. The molecule has 0 bridgehead atoms. The van der Waals surface area contributed by atoms with E-state index < -0.39 is 0 Å². The third-order valence-electron chi connectivity index (χ3n) is 1.92. The van der Waals surface area contributed by atoms with Crippen LogP contribution in [0.5, 0.6) is 5.75 Å². The van der Waals surface area contributed by atoms with Crippen molar-refractivity contribution in [1.82, 2.24) is 9.55 Å². The number of ether oxygens (including phenoxy) is 1. The van der Waals surface area contributed by atoms with Crippen molar-refractivity contribution >= 4 is 11.0 Å². The molecular weight excluding hydrogens is 164 g/mol. The molecule has 2 aromatic rings. The topological polar surface area (TPSA) is 27.1 Å². The highest BCUT2D eigenvalue weighted by Gasteiger charge is 2.00. The molecule has 0 aliphatic heterocycles. The number of fused-ring (bicyclic) bond motifs is 1. The Hall–Kier alpha value is -1.77. The van der Waals surface area contributed by atoms with E-state index in [1.165, 1.54) is 6.26 Å². The lowest BCUT2D eigenvalue weighted by molar-refractivity contribution is 0.484. The molecular formula is C10H10N2O. The van der Waals surface area contributed by atoms with E-state index >= 15 is 0 Å². The third-order valence-corrected chi connectivity index (χ3v) is 1.92. The molecule has 0 unspecified atom stereocenters. The normalized spacial score (nSPS) is 10.2. The van der Waals surface area contributed by atoms with Crippen LogP contribution in [0.15, 0.2) is 37.4 Å². The lowest BCUT2D eigenvalue weighted by atomic mass is 10.3. The molecule has 0 radical (unpaired) electrons. The summed E-state index contributed by atoms with van der Waals surface area (Å²) < 4.78 is 7.11. The van der Waals surface area contributed by atoms with Gasteiger partial charge in [-0.05, 0) is 12.1 Å². The Morgan fingerprint density at radius 2 is 2.38 bits per heavy atom. The zero-order chi connectivity index (χ0) is 9.26. The summed E-state index contributed by atoms with van der Waals surface area (Å²) in [5.41, 5.74) is 2.03. The molecule has 3 heteroatoms. The molecule has 0 saturated heterocycles. The van der Waals surface area contributed by atoms with Gasteiger partial charge in [-0.15, -0.1) is 0 Å². The van der Waals surface area contributed by atoms with E-state index in [0.717, 1.165) is 16.8 Å². The number of hydrogen-bond acceptors (Lipinski definition) is 2. The van der Waals surface area contributed by atoms with Gasteiger partial charge in [0.1, 0.15) is 5.75 Å². The fraction of sp³-hybridized carbons (Fsp3) is 0.100. The second-order valence-corrected chi connectivity index (χ2v) is 2.79. The van der Waals surface area contributed by atoms with Gasteiger partial charge in [-0.25, -0.2) is 4.98 Å². The summed E-state index contributed by atoms with van der Waals surface area (Å²) in [6.45, 7) is 3.50. The highest BCUT2D eigenvalue weighted by atomic mass is 16.5. The minimum atomic E-state index is 0.783. The predicted molar refractivity (Wildman–Crippen MR) is 51.5 cm³/mol. The van der Waals surface area contributed by atoms with Crippen molar-refractivity contribution in [3.05, 3.63) is 37.4 Å². The van der Waals surface area contributed by atoms with Gasteiger partial charge in [0.25, 0.3) is 0 Å². The van der Waals surface area contributed by atoms with Crippen LogP contribution in [0.4, 0.5) is 0 Å². The first-order valence-electron chi connectivity index (χ1n) is 4.00. The van der Waals surface area contributed by atoms with E-state index in [2.05, 4.69) is 11.6 Å². The fourth-order valence-corrected chi connectivity index (χ4v) is 1.28. The van der Waals surface area contributed by atoms with E-state index in [-0.39, 0.29) is 0 Å². The molecule has 2 rings (SSSR count). The summed E-state index contributed by atoms with van der Waals surface area (Å²) >= 11 is 0. The van der Waals surface area contributed by atoms with E-state index in [1.54, 1.807) is 6.33 Å². The Morgan fingerprint density at radius 3 is 3.15 bits per heavy atom. The highest BCUT2D eigenvalue weighted by Crippen LogP contribution is 2.19. The summed E-state index contributed by atoms with van der Waals surface area (Å²) in [7, 11) is 1.95. The molecule has 0 aliphatic carbocycles. The van der Waals surface area contributed by atoms with Crippen LogP contribution in [0.3, 0.4) is 0 Å². The van der Waals surface area contributed by atoms with Crippen LogP contribution >= 0.6 is 0 Å². The van der Waals surface area contributed by atoms with Crippen LogP contribution in [0.2, 0.25) is 0 Å². The van der Waals surface area contributed by atoms with Gasteiger partial charge in [0.05, 0.1) is 23.6 Å².